The number of carbonyl (C=O) groups excluding carboxylic acids is 3. The van der Waals surface area contributed by atoms with Crippen molar-refractivity contribution in [2.24, 2.45) is 5.92 Å². The van der Waals surface area contributed by atoms with Gasteiger partial charge in [-0.1, -0.05) is 84.9 Å². The SMILES string of the molecule is O=C1c2ccccc2C(=O)C1C(=O)C(c1ccccc1)c1ccccc1.[Na+]. The molecular formula is C23H16NaO3+. The molecule has 0 fully saturated rings. The van der Waals surface area contributed by atoms with Crippen molar-refractivity contribution in [1.29, 1.82) is 0 Å². The van der Waals surface area contributed by atoms with Gasteiger partial charge in [-0.15, -0.1) is 0 Å². The standard InChI is InChI=1S/C23H16O3.Na/c24-21-17-13-7-8-14-18(17)22(25)20(21)23(26)19(15-9-3-1-4-10-15)16-11-5-2-6-12-16;/h1-14,19-20H;/q;+1. The summed E-state index contributed by atoms with van der Waals surface area (Å²) in [5.41, 5.74) is 2.24. The second-order valence-electron chi connectivity index (χ2n) is 6.36. The third-order valence-electron chi connectivity index (χ3n) is 4.82. The minimum absolute atomic E-state index is 0. The Hall–Kier alpha value is -2.33. The van der Waals surface area contributed by atoms with Crippen LogP contribution >= 0.6 is 0 Å². The number of fused-ring (bicyclic) bond motifs is 1. The van der Waals surface area contributed by atoms with E-state index in [0.717, 1.165) is 11.1 Å². The third kappa shape index (κ3) is 3.46. The molecule has 3 aromatic carbocycles. The van der Waals surface area contributed by atoms with Crippen molar-refractivity contribution in [2.45, 2.75) is 5.92 Å². The molecule has 0 bridgehead atoms. The van der Waals surface area contributed by atoms with E-state index in [9.17, 15) is 14.4 Å². The zero-order valence-corrected chi connectivity index (χ0v) is 17.0. The molecule has 0 aromatic heterocycles. The summed E-state index contributed by atoms with van der Waals surface area (Å²) in [6, 6.07) is 25.2. The molecule has 0 spiro atoms. The average molecular weight is 363 g/mol. The molecule has 0 atom stereocenters. The van der Waals surface area contributed by atoms with Gasteiger partial charge in [0.2, 0.25) is 0 Å². The van der Waals surface area contributed by atoms with Gasteiger partial charge in [0.15, 0.2) is 17.3 Å². The fourth-order valence-electron chi connectivity index (χ4n) is 3.58. The summed E-state index contributed by atoms with van der Waals surface area (Å²) in [7, 11) is 0. The molecule has 3 aromatic rings. The van der Waals surface area contributed by atoms with Gasteiger partial charge in [0, 0.05) is 11.1 Å². The second kappa shape index (κ2) is 8.13. The van der Waals surface area contributed by atoms with Crippen LogP contribution in [0.4, 0.5) is 0 Å². The smallest absolute Gasteiger partial charge is 0.297 e. The summed E-state index contributed by atoms with van der Waals surface area (Å²) < 4.78 is 0. The zero-order chi connectivity index (χ0) is 18.1. The van der Waals surface area contributed by atoms with E-state index in [1.807, 2.05) is 60.7 Å². The van der Waals surface area contributed by atoms with Crippen LogP contribution in [0, 0.1) is 5.92 Å². The van der Waals surface area contributed by atoms with Crippen LogP contribution in [0.15, 0.2) is 84.9 Å². The fraction of sp³-hybridized carbons (Fsp3) is 0.0870. The van der Waals surface area contributed by atoms with E-state index in [-0.39, 0.29) is 35.3 Å². The fourth-order valence-corrected chi connectivity index (χ4v) is 3.58. The van der Waals surface area contributed by atoms with Gasteiger partial charge in [-0.2, -0.15) is 0 Å². The molecule has 0 radical (unpaired) electrons. The summed E-state index contributed by atoms with van der Waals surface area (Å²) in [6.45, 7) is 0. The molecule has 0 amide bonds. The van der Waals surface area contributed by atoms with Crippen LogP contribution < -0.4 is 29.6 Å². The van der Waals surface area contributed by atoms with Gasteiger partial charge in [-0.05, 0) is 11.1 Å². The van der Waals surface area contributed by atoms with E-state index >= 15 is 0 Å². The van der Waals surface area contributed by atoms with Crippen molar-refractivity contribution in [1.82, 2.24) is 0 Å². The summed E-state index contributed by atoms with van der Waals surface area (Å²) in [4.78, 5) is 38.9. The molecule has 4 rings (SSSR count). The maximum atomic E-state index is 13.4. The Balaban J connectivity index is 0.00000210. The monoisotopic (exact) mass is 363 g/mol. The Kier molecular flexibility index (Phi) is 5.85. The predicted octanol–water partition coefficient (Wildman–Crippen LogP) is 1.09. The summed E-state index contributed by atoms with van der Waals surface area (Å²) >= 11 is 0. The Labute approximate surface area is 179 Å². The first-order valence-electron chi connectivity index (χ1n) is 8.49. The molecule has 3 nitrogen and oxygen atoms in total. The molecule has 1 aliphatic carbocycles. The Morgan fingerprint density at radius 2 is 1.00 bits per heavy atom. The van der Waals surface area contributed by atoms with Crippen molar-refractivity contribution in [2.75, 3.05) is 0 Å². The Morgan fingerprint density at radius 1 is 0.630 bits per heavy atom. The van der Waals surface area contributed by atoms with Crippen molar-refractivity contribution in [3.05, 3.63) is 107 Å². The first-order valence-corrected chi connectivity index (χ1v) is 8.49. The summed E-state index contributed by atoms with van der Waals surface area (Å²) in [5, 5.41) is 0. The normalized spacial score (nSPS) is 13.4. The first kappa shape index (κ1) is 19.4. The predicted molar refractivity (Wildman–Crippen MR) is 98.3 cm³/mol. The average Bonchev–Trinajstić information content (AvgIpc) is 2.95. The van der Waals surface area contributed by atoms with Crippen LogP contribution in [-0.2, 0) is 4.79 Å². The summed E-state index contributed by atoms with van der Waals surface area (Å²) in [5.74, 6) is -3.07. The maximum absolute atomic E-state index is 13.4. The quantitative estimate of drug-likeness (QED) is 0.515. The van der Waals surface area contributed by atoms with Crippen LogP contribution in [0.5, 0.6) is 0 Å². The Bertz CT molecular complexity index is 922. The molecule has 0 aliphatic heterocycles. The molecule has 126 valence electrons. The van der Waals surface area contributed by atoms with Gasteiger partial charge in [0.05, 0.1) is 5.92 Å². The van der Waals surface area contributed by atoms with Crippen LogP contribution in [0.25, 0.3) is 0 Å². The number of ketones is 3. The molecule has 0 heterocycles. The van der Waals surface area contributed by atoms with Gasteiger partial charge in [0.25, 0.3) is 0 Å². The maximum Gasteiger partial charge on any atom is 1.00 e. The van der Waals surface area contributed by atoms with Crippen molar-refractivity contribution in [3.63, 3.8) is 0 Å². The minimum atomic E-state index is -1.27. The van der Waals surface area contributed by atoms with Crippen molar-refractivity contribution < 1.29 is 43.9 Å². The van der Waals surface area contributed by atoms with Crippen molar-refractivity contribution in [3.8, 4) is 0 Å². The second-order valence-corrected chi connectivity index (χ2v) is 6.36. The molecule has 0 saturated heterocycles. The van der Waals surface area contributed by atoms with E-state index in [2.05, 4.69) is 0 Å². The van der Waals surface area contributed by atoms with E-state index in [1.165, 1.54) is 0 Å². The molecule has 0 saturated carbocycles. The Morgan fingerprint density at radius 3 is 1.41 bits per heavy atom. The topological polar surface area (TPSA) is 51.2 Å². The molecule has 1 aliphatic rings. The number of benzene rings is 3. The van der Waals surface area contributed by atoms with Crippen LogP contribution in [-0.4, -0.2) is 17.3 Å². The first-order chi connectivity index (χ1) is 12.7. The third-order valence-corrected chi connectivity index (χ3v) is 4.82. The van der Waals surface area contributed by atoms with Gasteiger partial charge in [-0.25, -0.2) is 0 Å². The van der Waals surface area contributed by atoms with Crippen LogP contribution in [0.3, 0.4) is 0 Å². The van der Waals surface area contributed by atoms with E-state index in [4.69, 9.17) is 0 Å². The van der Waals surface area contributed by atoms with Gasteiger partial charge >= 0.3 is 29.6 Å². The van der Waals surface area contributed by atoms with E-state index < -0.39 is 23.4 Å². The minimum Gasteiger partial charge on any atom is -0.297 e. The van der Waals surface area contributed by atoms with Gasteiger partial charge in [-0.3, -0.25) is 14.4 Å². The molecule has 27 heavy (non-hydrogen) atoms. The molecular weight excluding hydrogens is 347 g/mol. The number of hydrogen-bond acceptors (Lipinski definition) is 3. The zero-order valence-electron chi connectivity index (χ0n) is 15.0. The number of carbonyl (C=O) groups is 3. The van der Waals surface area contributed by atoms with Gasteiger partial charge < -0.3 is 0 Å². The molecule has 4 heteroatoms. The van der Waals surface area contributed by atoms with E-state index in [1.54, 1.807) is 24.3 Å². The molecule has 0 N–H and O–H groups in total. The van der Waals surface area contributed by atoms with Crippen molar-refractivity contribution >= 4 is 17.3 Å². The van der Waals surface area contributed by atoms with Gasteiger partial charge in [0.1, 0.15) is 5.92 Å². The summed E-state index contributed by atoms with van der Waals surface area (Å²) in [6.07, 6.45) is 0. The number of Topliss-reactive ketones (excluding diaryl/α,β-unsaturated/α-hetero) is 3. The number of hydrogen-bond donors (Lipinski definition) is 0. The number of rotatable bonds is 4. The van der Waals surface area contributed by atoms with E-state index in [0.29, 0.717) is 11.1 Å². The molecule has 0 unspecified atom stereocenters. The van der Waals surface area contributed by atoms with Crippen LogP contribution in [0.2, 0.25) is 0 Å². The van der Waals surface area contributed by atoms with Crippen LogP contribution in [0.1, 0.15) is 37.8 Å². The largest absolute Gasteiger partial charge is 1.00 e.